The number of pyridine rings is 1. The van der Waals surface area contributed by atoms with Crippen molar-refractivity contribution in [1.29, 1.82) is 5.26 Å². The van der Waals surface area contributed by atoms with Crippen molar-refractivity contribution >= 4 is 11.9 Å². The van der Waals surface area contributed by atoms with Crippen LogP contribution in [0.4, 0.5) is 0 Å². The molecule has 1 aliphatic rings. The molecule has 1 aromatic rings. The Hall–Kier alpha value is -1.05. The van der Waals surface area contributed by atoms with E-state index >= 15 is 0 Å². The Bertz CT molecular complexity index is 366. The molecule has 0 N–H and O–H groups in total. The molecule has 0 aliphatic carbocycles. The highest BCUT2D eigenvalue weighted by molar-refractivity contribution is 7.97. The Labute approximate surface area is 94.2 Å². The van der Waals surface area contributed by atoms with Gasteiger partial charge in [0.15, 0.2) is 0 Å². The molecule has 0 atom stereocenters. The van der Waals surface area contributed by atoms with Gasteiger partial charge in [-0.3, -0.25) is 0 Å². The minimum absolute atomic E-state index is 0.674. The summed E-state index contributed by atoms with van der Waals surface area (Å²) in [5.74, 6) is 0. The summed E-state index contributed by atoms with van der Waals surface area (Å²) in [6, 6.07) is 5.80. The van der Waals surface area contributed by atoms with E-state index in [0.717, 1.165) is 18.1 Å². The maximum absolute atomic E-state index is 8.93. The zero-order valence-electron chi connectivity index (χ0n) is 8.52. The monoisotopic (exact) mass is 219 g/mol. The molecule has 1 fully saturated rings. The Morgan fingerprint density at radius 2 is 2.13 bits per heavy atom. The first kappa shape index (κ1) is 10.5. The standard InChI is InChI=1S/C11H13N3S/c12-9-10-5-4-6-13-11(10)15-14-7-2-1-3-8-14/h4-6H,1-3,7-8H2. The second kappa shape index (κ2) is 5.15. The van der Waals surface area contributed by atoms with Gasteiger partial charge in [0.1, 0.15) is 11.1 Å². The molecule has 2 rings (SSSR count). The Balaban J connectivity index is 2.06. The van der Waals surface area contributed by atoms with Gasteiger partial charge in [-0.2, -0.15) is 5.26 Å². The van der Waals surface area contributed by atoms with Gasteiger partial charge in [-0.05, 0) is 36.9 Å². The van der Waals surface area contributed by atoms with Crippen molar-refractivity contribution < 1.29 is 0 Å². The number of rotatable bonds is 2. The average molecular weight is 219 g/mol. The van der Waals surface area contributed by atoms with Crippen molar-refractivity contribution in [2.45, 2.75) is 24.3 Å². The molecule has 4 heteroatoms. The van der Waals surface area contributed by atoms with Crippen molar-refractivity contribution in [1.82, 2.24) is 9.29 Å². The van der Waals surface area contributed by atoms with E-state index in [2.05, 4.69) is 15.4 Å². The molecule has 0 aromatic carbocycles. The van der Waals surface area contributed by atoms with Crippen LogP contribution in [-0.2, 0) is 0 Å². The Morgan fingerprint density at radius 1 is 1.33 bits per heavy atom. The molecular formula is C11H13N3S. The quantitative estimate of drug-likeness (QED) is 0.716. The first-order chi connectivity index (χ1) is 7.40. The van der Waals surface area contributed by atoms with Crippen LogP contribution in [0.2, 0.25) is 0 Å². The maximum Gasteiger partial charge on any atom is 0.129 e. The second-order valence-electron chi connectivity index (χ2n) is 3.55. The third-order valence-electron chi connectivity index (χ3n) is 2.42. The number of aromatic nitrogens is 1. The first-order valence-corrected chi connectivity index (χ1v) is 5.95. The highest BCUT2D eigenvalue weighted by Gasteiger charge is 2.13. The highest BCUT2D eigenvalue weighted by atomic mass is 32.2. The van der Waals surface area contributed by atoms with Crippen LogP contribution in [0.5, 0.6) is 0 Å². The zero-order chi connectivity index (χ0) is 10.5. The van der Waals surface area contributed by atoms with Crippen LogP contribution in [-0.4, -0.2) is 22.4 Å². The fourth-order valence-electron chi connectivity index (χ4n) is 1.63. The van der Waals surface area contributed by atoms with E-state index in [1.54, 1.807) is 24.2 Å². The molecule has 0 amide bonds. The summed E-state index contributed by atoms with van der Waals surface area (Å²) in [6.45, 7) is 2.21. The zero-order valence-corrected chi connectivity index (χ0v) is 9.33. The van der Waals surface area contributed by atoms with E-state index in [4.69, 9.17) is 5.26 Å². The lowest BCUT2D eigenvalue weighted by molar-refractivity contribution is 0.380. The highest BCUT2D eigenvalue weighted by Crippen LogP contribution is 2.26. The molecule has 1 aromatic heterocycles. The van der Waals surface area contributed by atoms with E-state index in [9.17, 15) is 0 Å². The topological polar surface area (TPSA) is 39.9 Å². The van der Waals surface area contributed by atoms with Gasteiger partial charge in [0, 0.05) is 19.3 Å². The van der Waals surface area contributed by atoms with Crippen molar-refractivity contribution in [3.05, 3.63) is 23.9 Å². The summed E-state index contributed by atoms with van der Waals surface area (Å²) in [6.07, 6.45) is 5.57. The number of piperidine rings is 1. The molecule has 15 heavy (non-hydrogen) atoms. The molecule has 0 radical (unpaired) electrons. The SMILES string of the molecule is N#Cc1cccnc1SN1CCCCC1. The van der Waals surface area contributed by atoms with Crippen molar-refractivity contribution in [3.8, 4) is 6.07 Å². The largest absolute Gasteiger partial charge is 0.247 e. The molecule has 0 unspecified atom stereocenters. The van der Waals surface area contributed by atoms with Gasteiger partial charge in [-0.1, -0.05) is 6.42 Å². The fraction of sp³-hybridized carbons (Fsp3) is 0.455. The van der Waals surface area contributed by atoms with E-state index in [-0.39, 0.29) is 0 Å². The van der Waals surface area contributed by atoms with Crippen LogP contribution in [0.1, 0.15) is 24.8 Å². The molecular weight excluding hydrogens is 206 g/mol. The van der Waals surface area contributed by atoms with E-state index < -0.39 is 0 Å². The molecule has 2 heterocycles. The van der Waals surface area contributed by atoms with Gasteiger partial charge in [0.05, 0.1) is 5.56 Å². The molecule has 78 valence electrons. The summed E-state index contributed by atoms with van der Waals surface area (Å²) in [5.41, 5.74) is 0.674. The van der Waals surface area contributed by atoms with Crippen molar-refractivity contribution in [2.24, 2.45) is 0 Å². The van der Waals surface area contributed by atoms with Gasteiger partial charge in [0.25, 0.3) is 0 Å². The summed E-state index contributed by atoms with van der Waals surface area (Å²) >= 11 is 1.62. The predicted molar refractivity (Wildman–Crippen MR) is 60.2 cm³/mol. The van der Waals surface area contributed by atoms with Gasteiger partial charge in [-0.15, -0.1) is 0 Å². The number of nitriles is 1. The number of hydrogen-bond acceptors (Lipinski definition) is 4. The molecule has 0 bridgehead atoms. The fourth-order valence-corrected chi connectivity index (χ4v) is 2.63. The summed E-state index contributed by atoms with van der Waals surface area (Å²) in [5, 5.41) is 9.76. The van der Waals surface area contributed by atoms with Crippen LogP contribution in [0.25, 0.3) is 0 Å². The molecule has 3 nitrogen and oxygen atoms in total. The number of hydrogen-bond donors (Lipinski definition) is 0. The Kier molecular flexibility index (Phi) is 3.59. The minimum atomic E-state index is 0.674. The van der Waals surface area contributed by atoms with E-state index in [1.165, 1.54) is 19.3 Å². The molecule has 1 saturated heterocycles. The van der Waals surface area contributed by atoms with Gasteiger partial charge in [0.2, 0.25) is 0 Å². The van der Waals surface area contributed by atoms with Crippen LogP contribution >= 0.6 is 11.9 Å². The molecule has 0 spiro atoms. The van der Waals surface area contributed by atoms with Crippen molar-refractivity contribution in [3.63, 3.8) is 0 Å². The smallest absolute Gasteiger partial charge is 0.129 e. The van der Waals surface area contributed by atoms with E-state index in [0.29, 0.717) is 5.56 Å². The van der Waals surface area contributed by atoms with Crippen LogP contribution in [0.15, 0.2) is 23.4 Å². The van der Waals surface area contributed by atoms with Gasteiger partial charge < -0.3 is 0 Å². The Morgan fingerprint density at radius 3 is 2.87 bits per heavy atom. The molecule has 0 saturated carbocycles. The third kappa shape index (κ3) is 2.71. The second-order valence-corrected chi connectivity index (χ2v) is 4.63. The summed E-state index contributed by atoms with van der Waals surface area (Å²) in [4.78, 5) is 4.24. The first-order valence-electron chi connectivity index (χ1n) is 5.18. The lowest BCUT2D eigenvalue weighted by Crippen LogP contribution is -2.23. The maximum atomic E-state index is 8.93. The lowest BCUT2D eigenvalue weighted by Gasteiger charge is -2.24. The normalized spacial score (nSPS) is 17.3. The third-order valence-corrected chi connectivity index (χ3v) is 3.54. The summed E-state index contributed by atoms with van der Waals surface area (Å²) < 4.78 is 2.30. The van der Waals surface area contributed by atoms with Crippen LogP contribution in [0, 0.1) is 11.3 Å². The number of nitrogens with zero attached hydrogens (tertiary/aromatic N) is 3. The lowest BCUT2D eigenvalue weighted by atomic mass is 10.2. The van der Waals surface area contributed by atoms with Gasteiger partial charge >= 0.3 is 0 Å². The van der Waals surface area contributed by atoms with Gasteiger partial charge in [-0.25, -0.2) is 9.29 Å². The predicted octanol–water partition coefficient (Wildman–Crippen LogP) is 2.45. The van der Waals surface area contributed by atoms with Crippen LogP contribution in [0.3, 0.4) is 0 Å². The van der Waals surface area contributed by atoms with E-state index in [1.807, 2.05) is 6.07 Å². The minimum Gasteiger partial charge on any atom is -0.247 e. The molecule has 1 aliphatic heterocycles. The average Bonchev–Trinajstić information content (AvgIpc) is 2.31. The van der Waals surface area contributed by atoms with Crippen molar-refractivity contribution in [2.75, 3.05) is 13.1 Å². The summed E-state index contributed by atoms with van der Waals surface area (Å²) in [7, 11) is 0. The van der Waals surface area contributed by atoms with Crippen LogP contribution < -0.4 is 0 Å².